The van der Waals surface area contributed by atoms with Crippen molar-refractivity contribution in [2.75, 3.05) is 39.3 Å². The van der Waals surface area contributed by atoms with E-state index in [-0.39, 0.29) is 36.7 Å². The molecular formula is C16H24ClF2N3O. The fourth-order valence-electron chi connectivity index (χ4n) is 2.54. The van der Waals surface area contributed by atoms with Gasteiger partial charge in [0, 0.05) is 39.1 Å². The molecule has 2 N–H and O–H groups in total. The normalized spacial score (nSPS) is 15.0. The first-order valence-electron chi connectivity index (χ1n) is 7.79. The highest BCUT2D eigenvalue weighted by Crippen LogP contribution is 2.12. The summed E-state index contributed by atoms with van der Waals surface area (Å²) in [6.45, 7) is 5.73. The first-order valence-corrected chi connectivity index (χ1v) is 7.79. The Morgan fingerprint density at radius 2 is 2.00 bits per heavy atom. The first-order chi connectivity index (χ1) is 10.7. The Morgan fingerprint density at radius 1 is 1.26 bits per heavy atom. The molecule has 0 aliphatic carbocycles. The second-order valence-corrected chi connectivity index (χ2v) is 5.51. The lowest BCUT2D eigenvalue weighted by atomic mass is 10.1. The van der Waals surface area contributed by atoms with Gasteiger partial charge in [-0.25, -0.2) is 8.78 Å². The average Bonchev–Trinajstić information content (AvgIpc) is 2.54. The number of rotatable bonds is 7. The fourth-order valence-corrected chi connectivity index (χ4v) is 2.54. The highest BCUT2D eigenvalue weighted by Gasteiger charge is 2.10. The Bertz CT molecular complexity index is 496. The zero-order valence-electron chi connectivity index (χ0n) is 13.1. The number of hydrogen-bond acceptors (Lipinski definition) is 3. The lowest BCUT2D eigenvalue weighted by molar-refractivity contribution is -0.121. The number of piperazine rings is 1. The van der Waals surface area contributed by atoms with Crippen LogP contribution >= 0.6 is 12.4 Å². The van der Waals surface area contributed by atoms with Gasteiger partial charge in [-0.15, -0.1) is 12.4 Å². The van der Waals surface area contributed by atoms with E-state index in [1.807, 2.05) is 0 Å². The molecule has 1 amide bonds. The maximum atomic E-state index is 13.4. The van der Waals surface area contributed by atoms with E-state index >= 15 is 0 Å². The van der Waals surface area contributed by atoms with Gasteiger partial charge in [0.2, 0.25) is 5.91 Å². The third kappa shape index (κ3) is 6.81. The highest BCUT2D eigenvalue weighted by molar-refractivity contribution is 5.85. The molecule has 0 atom stereocenters. The first kappa shape index (κ1) is 19.8. The fraction of sp³-hybridized carbons (Fsp3) is 0.562. The minimum absolute atomic E-state index is 0. The van der Waals surface area contributed by atoms with Gasteiger partial charge in [0.1, 0.15) is 0 Å². The molecule has 7 heteroatoms. The van der Waals surface area contributed by atoms with E-state index in [0.717, 1.165) is 45.2 Å². The smallest absolute Gasteiger partial charge is 0.220 e. The van der Waals surface area contributed by atoms with Crippen LogP contribution in [0.4, 0.5) is 8.78 Å². The van der Waals surface area contributed by atoms with Crippen LogP contribution in [0.5, 0.6) is 0 Å². The van der Waals surface area contributed by atoms with Crippen LogP contribution in [0.25, 0.3) is 0 Å². The Hall–Kier alpha value is -1.24. The zero-order chi connectivity index (χ0) is 15.8. The van der Waals surface area contributed by atoms with Crippen LogP contribution in [0.15, 0.2) is 18.2 Å². The summed E-state index contributed by atoms with van der Waals surface area (Å²) >= 11 is 0. The molecule has 1 aromatic rings. The number of halogens is 3. The van der Waals surface area contributed by atoms with Crippen LogP contribution < -0.4 is 10.6 Å². The maximum absolute atomic E-state index is 13.4. The molecule has 0 spiro atoms. The van der Waals surface area contributed by atoms with Crippen molar-refractivity contribution in [1.82, 2.24) is 15.5 Å². The van der Waals surface area contributed by atoms with Gasteiger partial charge in [0.05, 0.1) is 0 Å². The van der Waals surface area contributed by atoms with E-state index in [0.29, 0.717) is 6.54 Å². The van der Waals surface area contributed by atoms with Gasteiger partial charge in [-0.3, -0.25) is 4.79 Å². The van der Waals surface area contributed by atoms with Gasteiger partial charge in [0.15, 0.2) is 11.6 Å². The summed E-state index contributed by atoms with van der Waals surface area (Å²) < 4.78 is 26.5. The summed E-state index contributed by atoms with van der Waals surface area (Å²) in [4.78, 5) is 14.1. The van der Waals surface area contributed by atoms with E-state index in [9.17, 15) is 13.6 Å². The number of nitrogens with one attached hydrogen (secondary N) is 2. The second-order valence-electron chi connectivity index (χ2n) is 5.51. The van der Waals surface area contributed by atoms with E-state index < -0.39 is 11.6 Å². The molecule has 0 radical (unpaired) electrons. The molecule has 1 fully saturated rings. The predicted octanol–water partition coefficient (Wildman–Crippen LogP) is 1.73. The number of nitrogens with zero attached hydrogens (tertiary/aromatic N) is 1. The number of carbonyl (C=O) groups is 1. The molecule has 0 unspecified atom stereocenters. The molecule has 2 rings (SSSR count). The van der Waals surface area contributed by atoms with Gasteiger partial charge in [-0.2, -0.15) is 0 Å². The van der Waals surface area contributed by atoms with Crippen LogP contribution in [0.2, 0.25) is 0 Å². The third-order valence-electron chi connectivity index (χ3n) is 3.84. The summed E-state index contributed by atoms with van der Waals surface area (Å²) in [5.74, 6) is -1.84. The summed E-state index contributed by atoms with van der Waals surface area (Å²) in [6.07, 6.45) is 1.29. The monoisotopic (exact) mass is 347 g/mol. The molecule has 1 heterocycles. The standard InChI is InChI=1S/C16H23F2N3O.ClH/c17-14-4-1-3-13(16(14)18)5-6-15(22)20-7-2-10-21-11-8-19-9-12-21;/h1,3-4,19H,2,5-12H2,(H,20,22);1H. The van der Waals surface area contributed by atoms with Crippen molar-refractivity contribution in [3.63, 3.8) is 0 Å². The number of amides is 1. The highest BCUT2D eigenvalue weighted by atomic mass is 35.5. The second kappa shape index (κ2) is 10.5. The predicted molar refractivity (Wildman–Crippen MR) is 88.9 cm³/mol. The van der Waals surface area contributed by atoms with E-state index in [1.165, 1.54) is 12.1 Å². The van der Waals surface area contributed by atoms with Crippen molar-refractivity contribution >= 4 is 18.3 Å². The maximum Gasteiger partial charge on any atom is 0.220 e. The molecule has 4 nitrogen and oxygen atoms in total. The van der Waals surface area contributed by atoms with Crippen LogP contribution in [-0.4, -0.2) is 50.1 Å². The molecule has 0 saturated carbocycles. The largest absolute Gasteiger partial charge is 0.356 e. The van der Waals surface area contributed by atoms with E-state index in [1.54, 1.807) is 0 Å². The molecule has 1 aromatic carbocycles. The van der Waals surface area contributed by atoms with Crippen molar-refractivity contribution in [3.8, 4) is 0 Å². The van der Waals surface area contributed by atoms with Gasteiger partial charge in [-0.1, -0.05) is 12.1 Å². The number of aryl methyl sites for hydroxylation is 1. The average molecular weight is 348 g/mol. The van der Waals surface area contributed by atoms with E-state index in [4.69, 9.17) is 0 Å². The summed E-state index contributed by atoms with van der Waals surface area (Å²) in [5, 5.41) is 6.12. The molecule has 1 saturated heterocycles. The van der Waals surface area contributed by atoms with Crippen molar-refractivity contribution in [1.29, 1.82) is 0 Å². The van der Waals surface area contributed by atoms with Crippen LogP contribution in [0.3, 0.4) is 0 Å². The van der Waals surface area contributed by atoms with Gasteiger partial charge >= 0.3 is 0 Å². The number of benzene rings is 1. The van der Waals surface area contributed by atoms with Crippen molar-refractivity contribution in [2.24, 2.45) is 0 Å². The lowest BCUT2D eigenvalue weighted by Gasteiger charge is -2.27. The SMILES string of the molecule is Cl.O=C(CCc1cccc(F)c1F)NCCCN1CCNCC1. The van der Waals surface area contributed by atoms with Crippen LogP contribution in [0, 0.1) is 11.6 Å². The van der Waals surface area contributed by atoms with Crippen molar-refractivity contribution < 1.29 is 13.6 Å². The number of hydrogen-bond donors (Lipinski definition) is 2. The lowest BCUT2D eigenvalue weighted by Crippen LogP contribution is -2.44. The topological polar surface area (TPSA) is 44.4 Å². The van der Waals surface area contributed by atoms with Crippen molar-refractivity contribution in [2.45, 2.75) is 19.3 Å². The molecule has 1 aliphatic rings. The minimum atomic E-state index is -0.867. The Kier molecular flexibility index (Phi) is 9.06. The van der Waals surface area contributed by atoms with Crippen LogP contribution in [-0.2, 0) is 11.2 Å². The van der Waals surface area contributed by atoms with E-state index in [2.05, 4.69) is 15.5 Å². The minimum Gasteiger partial charge on any atom is -0.356 e. The summed E-state index contributed by atoms with van der Waals surface area (Å²) in [6, 6.07) is 4.05. The quantitative estimate of drug-likeness (QED) is 0.738. The van der Waals surface area contributed by atoms with Gasteiger partial charge in [0.25, 0.3) is 0 Å². The Balaban J connectivity index is 0.00000264. The zero-order valence-corrected chi connectivity index (χ0v) is 13.9. The molecule has 1 aliphatic heterocycles. The molecular weight excluding hydrogens is 324 g/mol. The molecule has 23 heavy (non-hydrogen) atoms. The van der Waals surface area contributed by atoms with Crippen LogP contribution in [0.1, 0.15) is 18.4 Å². The third-order valence-corrected chi connectivity index (χ3v) is 3.84. The number of carbonyl (C=O) groups excluding carboxylic acids is 1. The van der Waals surface area contributed by atoms with Gasteiger partial charge < -0.3 is 15.5 Å². The molecule has 0 aromatic heterocycles. The Morgan fingerprint density at radius 3 is 2.74 bits per heavy atom. The Labute approximate surface area is 142 Å². The summed E-state index contributed by atoms with van der Waals surface area (Å²) in [5.41, 5.74) is 0.246. The van der Waals surface area contributed by atoms with Gasteiger partial charge in [-0.05, 0) is 31.0 Å². The summed E-state index contributed by atoms with van der Waals surface area (Å²) in [7, 11) is 0. The molecule has 130 valence electrons. The molecule has 0 bridgehead atoms. The van der Waals surface area contributed by atoms with Crippen molar-refractivity contribution in [3.05, 3.63) is 35.4 Å².